The zero-order valence-corrected chi connectivity index (χ0v) is 18.1. The molecule has 0 spiro atoms. The summed E-state index contributed by atoms with van der Waals surface area (Å²) >= 11 is 5.20. The first-order valence-electron chi connectivity index (χ1n) is 9.77. The van der Waals surface area contributed by atoms with Gasteiger partial charge in [-0.1, -0.05) is 13.0 Å². The van der Waals surface area contributed by atoms with Gasteiger partial charge in [0, 0.05) is 17.7 Å². The molecule has 0 aliphatic rings. The van der Waals surface area contributed by atoms with Gasteiger partial charge in [0.25, 0.3) is 0 Å². The zero-order chi connectivity index (χ0) is 22.8. The topological polar surface area (TPSA) is 80.5 Å². The first-order chi connectivity index (χ1) is 14.6. The van der Waals surface area contributed by atoms with Crippen LogP contribution in [0.25, 0.3) is 5.69 Å². The van der Waals surface area contributed by atoms with E-state index in [1.807, 2.05) is 6.92 Å². The predicted octanol–water partition coefficient (Wildman–Crippen LogP) is 4.28. The summed E-state index contributed by atoms with van der Waals surface area (Å²) in [6.45, 7) is 5.57. The summed E-state index contributed by atoms with van der Waals surface area (Å²) in [7, 11) is 0. The molecule has 0 aliphatic heterocycles. The van der Waals surface area contributed by atoms with E-state index in [-0.39, 0.29) is 12.5 Å². The lowest BCUT2D eigenvalue weighted by atomic mass is 10.1. The Morgan fingerprint density at radius 3 is 2.77 bits per heavy atom. The first-order valence-corrected chi connectivity index (χ1v) is 10.2. The number of amides is 1. The van der Waals surface area contributed by atoms with Gasteiger partial charge in [-0.3, -0.25) is 14.5 Å². The van der Waals surface area contributed by atoms with Crippen LogP contribution in [0.3, 0.4) is 0 Å². The Balaban J connectivity index is 1.76. The van der Waals surface area contributed by atoms with Crippen molar-refractivity contribution in [2.45, 2.75) is 52.4 Å². The predicted molar refractivity (Wildman–Crippen MR) is 111 cm³/mol. The van der Waals surface area contributed by atoms with Gasteiger partial charge >= 0.3 is 6.18 Å². The molecule has 0 radical (unpaired) electrons. The van der Waals surface area contributed by atoms with Gasteiger partial charge in [0.15, 0.2) is 4.77 Å². The second-order valence-electron chi connectivity index (χ2n) is 7.22. The van der Waals surface area contributed by atoms with Crippen molar-refractivity contribution in [3.8, 4) is 5.69 Å². The molecule has 0 saturated heterocycles. The van der Waals surface area contributed by atoms with Crippen LogP contribution in [-0.4, -0.2) is 30.5 Å². The molecule has 1 unspecified atom stereocenters. The van der Waals surface area contributed by atoms with Crippen molar-refractivity contribution in [2.24, 2.45) is 0 Å². The molecular weight excluding hydrogens is 429 g/mol. The Hall–Kier alpha value is -2.95. The van der Waals surface area contributed by atoms with E-state index in [0.717, 1.165) is 18.6 Å². The Morgan fingerprint density at radius 2 is 2.10 bits per heavy atom. The Kier molecular flexibility index (Phi) is 6.63. The number of carbonyl (C=O) groups is 1. The maximum Gasteiger partial charge on any atom is 0.416 e. The van der Waals surface area contributed by atoms with Gasteiger partial charge in [-0.05, 0) is 50.7 Å². The molecule has 1 atom stereocenters. The Labute approximate surface area is 182 Å². The fraction of sp³-hybridized carbons (Fsp3) is 0.400. The third-order valence-electron chi connectivity index (χ3n) is 4.92. The van der Waals surface area contributed by atoms with Crippen LogP contribution >= 0.6 is 12.2 Å². The molecule has 3 rings (SSSR count). The summed E-state index contributed by atoms with van der Waals surface area (Å²) in [5.74, 6) is 0.456. The number of halogens is 3. The van der Waals surface area contributed by atoms with E-state index in [1.54, 1.807) is 30.7 Å². The van der Waals surface area contributed by atoms with Crippen LogP contribution in [0.15, 0.2) is 30.5 Å². The lowest BCUT2D eigenvalue weighted by Gasteiger charge is -2.15. The highest BCUT2D eigenvalue weighted by Gasteiger charge is 2.30. The number of hydrogen-bond donors (Lipinski definition) is 2. The normalized spacial score (nSPS) is 12.7. The molecule has 0 fully saturated rings. The number of benzene rings is 1. The minimum atomic E-state index is -4.44. The quantitative estimate of drug-likeness (QED) is 0.525. The molecule has 2 N–H and O–H groups in total. The van der Waals surface area contributed by atoms with Gasteiger partial charge in [0.05, 0.1) is 23.5 Å². The van der Waals surface area contributed by atoms with Gasteiger partial charge in [-0.25, -0.2) is 4.68 Å². The van der Waals surface area contributed by atoms with Gasteiger partial charge in [-0.15, -0.1) is 0 Å². The van der Waals surface area contributed by atoms with E-state index >= 15 is 0 Å². The third-order valence-corrected chi connectivity index (χ3v) is 5.23. The zero-order valence-electron chi connectivity index (χ0n) is 17.3. The van der Waals surface area contributed by atoms with Crippen molar-refractivity contribution in [1.29, 1.82) is 0 Å². The summed E-state index contributed by atoms with van der Waals surface area (Å²) in [5, 5.41) is 14.0. The van der Waals surface area contributed by atoms with E-state index in [2.05, 4.69) is 20.6 Å². The van der Waals surface area contributed by atoms with Crippen molar-refractivity contribution in [2.75, 3.05) is 0 Å². The number of carbonyl (C=O) groups excluding carboxylic acids is 1. The van der Waals surface area contributed by atoms with Crippen LogP contribution in [0, 0.1) is 11.7 Å². The highest BCUT2D eigenvalue weighted by Crippen LogP contribution is 2.31. The van der Waals surface area contributed by atoms with Gasteiger partial charge in [0.1, 0.15) is 12.4 Å². The van der Waals surface area contributed by atoms with Gasteiger partial charge in [0.2, 0.25) is 5.91 Å². The van der Waals surface area contributed by atoms with Gasteiger partial charge < -0.3 is 5.32 Å². The highest BCUT2D eigenvalue weighted by atomic mass is 32.1. The van der Waals surface area contributed by atoms with Crippen LogP contribution in [0.5, 0.6) is 0 Å². The molecule has 11 heteroatoms. The maximum atomic E-state index is 13.0. The lowest BCUT2D eigenvalue weighted by molar-refractivity contribution is -0.137. The minimum absolute atomic E-state index is 0.0236. The number of aryl methyl sites for hydroxylation is 1. The SMILES string of the molecule is CCCc1n[nH]c(=S)n1CC(=O)NC(C)c1cnn(-c2cccc(C(F)(F)F)c2)c1C. The highest BCUT2D eigenvalue weighted by molar-refractivity contribution is 7.71. The Bertz CT molecular complexity index is 1130. The molecule has 166 valence electrons. The molecule has 2 heterocycles. The molecule has 1 amide bonds. The molecule has 0 aliphatic carbocycles. The molecular formula is C20H23F3N6OS. The smallest absolute Gasteiger partial charge is 0.348 e. The number of hydrogen-bond acceptors (Lipinski definition) is 4. The van der Waals surface area contributed by atoms with E-state index in [9.17, 15) is 18.0 Å². The molecule has 7 nitrogen and oxygen atoms in total. The summed E-state index contributed by atoms with van der Waals surface area (Å²) < 4.78 is 42.5. The molecule has 2 aromatic heterocycles. The summed E-state index contributed by atoms with van der Waals surface area (Å²) in [5.41, 5.74) is 0.891. The van der Waals surface area contributed by atoms with Gasteiger partial charge in [-0.2, -0.15) is 23.4 Å². The first kappa shape index (κ1) is 22.7. The number of aromatic nitrogens is 5. The van der Waals surface area contributed by atoms with E-state index in [4.69, 9.17) is 12.2 Å². The summed E-state index contributed by atoms with van der Waals surface area (Å²) in [6.07, 6.45) is -1.33. The van der Waals surface area contributed by atoms with Crippen LogP contribution in [0.1, 0.15) is 49.0 Å². The van der Waals surface area contributed by atoms with Crippen LogP contribution in [0.4, 0.5) is 13.2 Å². The molecule has 0 saturated carbocycles. The fourth-order valence-corrected chi connectivity index (χ4v) is 3.57. The van der Waals surface area contributed by atoms with E-state index in [0.29, 0.717) is 34.0 Å². The number of alkyl halides is 3. The van der Waals surface area contributed by atoms with Crippen molar-refractivity contribution in [3.63, 3.8) is 0 Å². The van der Waals surface area contributed by atoms with Crippen LogP contribution in [-0.2, 0) is 23.9 Å². The average Bonchev–Trinajstić information content (AvgIpc) is 3.25. The van der Waals surface area contributed by atoms with Crippen molar-refractivity contribution >= 4 is 18.1 Å². The summed E-state index contributed by atoms with van der Waals surface area (Å²) in [4.78, 5) is 12.6. The monoisotopic (exact) mass is 452 g/mol. The largest absolute Gasteiger partial charge is 0.416 e. The summed E-state index contributed by atoms with van der Waals surface area (Å²) in [6, 6.07) is 4.55. The fourth-order valence-electron chi connectivity index (χ4n) is 3.36. The lowest BCUT2D eigenvalue weighted by Crippen LogP contribution is -2.31. The number of H-pyrrole nitrogens is 1. The van der Waals surface area contributed by atoms with E-state index in [1.165, 1.54) is 10.7 Å². The second kappa shape index (κ2) is 9.04. The maximum absolute atomic E-state index is 13.0. The molecule has 0 bridgehead atoms. The van der Waals surface area contributed by atoms with Crippen molar-refractivity contribution < 1.29 is 18.0 Å². The molecule has 3 aromatic rings. The second-order valence-corrected chi connectivity index (χ2v) is 7.60. The van der Waals surface area contributed by atoms with Crippen LogP contribution in [0.2, 0.25) is 0 Å². The average molecular weight is 453 g/mol. The van der Waals surface area contributed by atoms with Crippen LogP contribution < -0.4 is 5.32 Å². The van der Waals surface area contributed by atoms with E-state index < -0.39 is 17.8 Å². The molecule has 1 aromatic carbocycles. The number of rotatable bonds is 7. The Morgan fingerprint density at radius 1 is 1.35 bits per heavy atom. The minimum Gasteiger partial charge on any atom is -0.348 e. The number of nitrogens with zero attached hydrogens (tertiary/aromatic N) is 4. The molecule has 31 heavy (non-hydrogen) atoms. The standard InChI is InChI=1S/C20H23F3N6OS/c1-4-6-17-26-27-19(31)28(17)11-18(30)25-12(2)16-10-24-29(13(16)3)15-8-5-7-14(9-15)20(21,22)23/h5,7-10,12H,4,6,11H2,1-3H3,(H,25,30)(H,27,31). The number of nitrogens with one attached hydrogen (secondary N) is 2. The third kappa shape index (κ3) is 5.04. The van der Waals surface area contributed by atoms with Crippen molar-refractivity contribution in [3.05, 3.63) is 57.9 Å². The van der Waals surface area contributed by atoms with Crippen molar-refractivity contribution in [1.82, 2.24) is 29.9 Å². The number of aromatic amines is 1.